The fourth-order valence-electron chi connectivity index (χ4n) is 8.77. The van der Waals surface area contributed by atoms with Crippen molar-refractivity contribution in [1.29, 1.82) is 0 Å². The van der Waals surface area contributed by atoms with Gasteiger partial charge >= 0.3 is 0 Å². The van der Waals surface area contributed by atoms with Crippen molar-refractivity contribution in [3.8, 4) is 33.4 Å². The van der Waals surface area contributed by atoms with Crippen molar-refractivity contribution in [2.45, 2.75) is 19.3 Å². The highest BCUT2D eigenvalue weighted by Gasteiger charge is 2.36. The Morgan fingerprint density at radius 3 is 1.78 bits per heavy atom. The highest BCUT2D eigenvalue weighted by atomic mass is 16.3. The van der Waals surface area contributed by atoms with E-state index in [0.717, 1.165) is 66.5 Å². The minimum Gasteiger partial charge on any atom is -0.456 e. The maximum absolute atomic E-state index is 6.71. The summed E-state index contributed by atoms with van der Waals surface area (Å²) in [6.07, 6.45) is 0. The van der Waals surface area contributed by atoms with Crippen molar-refractivity contribution < 1.29 is 8.83 Å². The van der Waals surface area contributed by atoms with Crippen LogP contribution in [-0.2, 0) is 5.41 Å². The molecule has 54 heavy (non-hydrogen) atoms. The van der Waals surface area contributed by atoms with E-state index in [-0.39, 0.29) is 5.41 Å². The Labute approximate surface area is 313 Å². The van der Waals surface area contributed by atoms with Crippen molar-refractivity contribution in [3.63, 3.8) is 0 Å². The number of anilines is 3. The Morgan fingerprint density at radius 2 is 0.981 bits per heavy atom. The van der Waals surface area contributed by atoms with Crippen LogP contribution in [0.2, 0.25) is 0 Å². The first-order valence-electron chi connectivity index (χ1n) is 18.6. The molecular weight excluding hydrogens is 659 g/mol. The van der Waals surface area contributed by atoms with Gasteiger partial charge in [-0.3, -0.25) is 0 Å². The minimum atomic E-state index is -0.133. The van der Waals surface area contributed by atoms with Gasteiger partial charge in [-0.15, -0.1) is 0 Å². The summed E-state index contributed by atoms with van der Waals surface area (Å²) in [6, 6.07) is 62.9. The molecule has 10 aromatic rings. The van der Waals surface area contributed by atoms with E-state index in [0.29, 0.717) is 0 Å². The second kappa shape index (κ2) is 11.6. The number of furan rings is 2. The molecule has 11 rings (SSSR count). The molecule has 3 heteroatoms. The first-order chi connectivity index (χ1) is 26.5. The fraction of sp³-hybridized carbons (Fsp3) is 0.0588. The quantitative estimate of drug-likeness (QED) is 0.180. The zero-order valence-electron chi connectivity index (χ0n) is 30.0. The van der Waals surface area contributed by atoms with Gasteiger partial charge in [-0.25, -0.2) is 0 Å². The lowest BCUT2D eigenvalue weighted by molar-refractivity contribution is 0.660. The number of fused-ring (bicyclic) bond motifs is 9. The van der Waals surface area contributed by atoms with Crippen LogP contribution in [0.5, 0.6) is 0 Å². The molecule has 0 aliphatic heterocycles. The standard InChI is InChI=1S/C51H35NO2/c1-51(2)43-17-10-9-16-38(43)39-26-25-37(29-44(39)51)52(36-23-20-34(21-24-36)32-12-5-3-6-13-32)45-18-11-19-47-50(45)42-31-48-41(30-49(42)54-47)40-28-35(22-27-46(40)53-48)33-14-7-4-8-15-33/h3-31H,1-2H3. The van der Waals surface area contributed by atoms with E-state index in [1.54, 1.807) is 0 Å². The number of hydrogen-bond donors (Lipinski definition) is 0. The summed E-state index contributed by atoms with van der Waals surface area (Å²) in [5.74, 6) is 0. The summed E-state index contributed by atoms with van der Waals surface area (Å²) >= 11 is 0. The predicted octanol–water partition coefficient (Wildman–Crippen LogP) is 14.6. The van der Waals surface area contributed by atoms with Crippen LogP contribution < -0.4 is 4.90 Å². The summed E-state index contributed by atoms with van der Waals surface area (Å²) in [6.45, 7) is 4.68. The topological polar surface area (TPSA) is 29.5 Å². The van der Waals surface area contributed by atoms with Crippen LogP contribution in [0.3, 0.4) is 0 Å². The first kappa shape index (κ1) is 30.8. The monoisotopic (exact) mass is 693 g/mol. The molecule has 1 aliphatic rings. The SMILES string of the molecule is CC1(C)c2ccccc2-c2ccc(N(c3ccc(-c4ccccc4)cc3)c3cccc4oc5cc6c(cc5c34)oc3ccc(-c4ccccc4)cc36)cc21. The molecule has 0 spiro atoms. The van der Waals surface area contributed by atoms with Crippen molar-refractivity contribution in [2.24, 2.45) is 0 Å². The van der Waals surface area contributed by atoms with Gasteiger partial charge in [0.15, 0.2) is 0 Å². The van der Waals surface area contributed by atoms with E-state index in [9.17, 15) is 0 Å². The van der Waals surface area contributed by atoms with E-state index in [1.165, 1.54) is 38.9 Å². The molecule has 0 fully saturated rings. The maximum atomic E-state index is 6.71. The molecule has 2 aromatic heterocycles. The van der Waals surface area contributed by atoms with Crippen LogP contribution in [0.15, 0.2) is 185 Å². The van der Waals surface area contributed by atoms with Crippen LogP contribution in [0, 0.1) is 0 Å². The smallest absolute Gasteiger partial charge is 0.137 e. The van der Waals surface area contributed by atoms with Gasteiger partial charge in [0.1, 0.15) is 22.3 Å². The molecule has 0 N–H and O–H groups in total. The van der Waals surface area contributed by atoms with Gasteiger partial charge in [-0.1, -0.05) is 129 Å². The van der Waals surface area contributed by atoms with Gasteiger partial charge in [0.05, 0.1) is 11.1 Å². The lowest BCUT2D eigenvalue weighted by atomic mass is 9.82. The molecule has 0 saturated heterocycles. The van der Waals surface area contributed by atoms with Crippen molar-refractivity contribution in [3.05, 3.63) is 187 Å². The molecule has 8 aromatic carbocycles. The van der Waals surface area contributed by atoms with Crippen LogP contribution in [-0.4, -0.2) is 0 Å². The van der Waals surface area contributed by atoms with Crippen LogP contribution in [0.4, 0.5) is 17.1 Å². The van der Waals surface area contributed by atoms with Gasteiger partial charge in [-0.2, -0.15) is 0 Å². The summed E-state index contributed by atoms with van der Waals surface area (Å²) in [4.78, 5) is 2.39. The minimum absolute atomic E-state index is 0.133. The zero-order chi connectivity index (χ0) is 36.0. The Balaban J connectivity index is 1.12. The molecule has 0 unspecified atom stereocenters. The van der Waals surface area contributed by atoms with E-state index in [2.05, 4.69) is 189 Å². The lowest BCUT2D eigenvalue weighted by Crippen LogP contribution is -2.16. The third-order valence-electron chi connectivity index (χ3n) is 11.5. The van der Waals surface area contributed by atoms with Gasteiger partial charge < -0.3 is 13.7 Å². The normalized spacial score (nSPS) is 13.1. The van der Waals surface area contributed by atoms with Crippen LogP contribution >= 0.6 is 0 Å². The zero-order valence-corrected chi connectivity index (χ0v) is 30.0. The summed E-state index contributed by atoms with van der Waals surface area (Å²) in [5.41, 5.74) is 16.5. The van der Waals surface area contributed by atoms with Crippen molar-refractivity contribution >= 4 is 60.9 Å². The third kappa shape index (κ3) is 4.61. The number of nitrogens with zero attached hydrogens (tertiary/aromatic N) is 1. The molecule has 0 amide bonds. The Kier molecular flexibility index (Phi) is 6.60. The molecule has 0 saturated carbocycles. The third-order valence-corrected chi connectivity index (χ3v) is 11.5. The molecular formula is C51H35NO2. The van der Waals surface area contributed by atoms with Gasteiger partial charge in [0, 0.05) is 32.9 Å². The lowest BCUT2D eigenvalue weighted by Gasteiger charge is -2.28. The van der Waals surface area contributed by atoms with Crippen LogP contribution in [0.1, 0.15) is 25.0 Å². The highest BCUT2D eigenvalue weighted by molar-refractivity contribution is 6.19. The predicted molar refractivity (Wildman–Crippen MR) is 224 cm³/mol. The van der Waals surface area contributed by atoms with E-state index < -0.39 is 0 Å². The number of benzene rings is 8. The molecule has 3 nitrogen and oxygen atoms in total. The Hall–Kier alpha value is -6.84. The summed E-state index contributed by atoms with van der Waals surface area (Å²) in [5, 5.41) is 4.20. The largest absolute Gasteiger partial charge is 0.456 e. The number of rotatable bonds is 5. The number of hydrogen-bond acceptors (Lipinski definition) is 3. The summed E-state index contributed by atoms with van der Waals surface area (Å²) < 4.78 is 13.3. The molecule has 0 bridgehead atoms. The first-order valence-corrected chi connectivity index (χ1v) is 18.6. The maximum Gasteiger partial charge on any atom is 0.137 e. The average Bonchev–Trinajstić information content (AvgIpc) is 3.85. The van der Waals surface area contributed by atoms with Crippen molar-refractivity contribution in [1.82, 2.24) is 0 Å². The molecule has 256 valence electrons. The van der Waals surface area contributed by atoms with Gasteiger partial charge in [-0.05, 0) is 105 Å². The fourth-order valence-corrected chi connectivity index (χ4v) is 8.77. The van der Waals surface area contributed by atoms with Gasteiger partial charge in [0.2, 0.25) is 0 Å². The van der Waals surface area contributed by atoms with E-state index in [4.69, 9.17) is 8.83 Å². The highest BCUT2D eigenvalue weighted by Crippen LogP contribution is 2.52. The second-order valence-electron chi connectivity index (χ2n) is 14.9. The molecule has 0 radical (unpaired) electrons. The van der Waals surface area contributed by atoms with E-state index >= 15 is 0 Å². The van der Waals surface area contributed by atoms with Gasteiger partial charge in [0.25, 0.3) is 0 Å². The molecule has 2 heterocycles. The average molecular weight is 694 g/mol. The molecule has 1 aliphatic carbocycles. The van der Waals surface area contributed by atoms with E-state index in [1.807, 2.05) is 6.07 Å². The van der Waals surface area contributed by atoms with Crippen LogP contribution in [0.25, 0.3) is 77.3 Å². The summed E-state index contributed by atoms with van der Waals surface area (Å²) in [7, 11) is 0. The van der Waals surface area contributed by atoms with Crippen molar-refractivity contribution in [2.75, 3.05) is 4.90 Å². The second-order valence-corrected chi connectivity index (χ2v) is 14.9. The Morgan fingerprint density at radius 1 is 0.389 bits per heavy atom. The Bertz CT molecular complexity index is 3060. The molecule has 0 atom stereocenters.